The van der Waals surface area contributed by atoms with Crippen LogP contribution in [0.4, 0.5) is 11.4 Å². The Morgan fingerprint density at radius 2 is 1.50 bits per heavy atom. The van der Waals surface area contributed by atoms with Gasteiger partial charge in [-0.05, 0) is 81.1 Å². The molecule has 0 spiro atoms. The number of nitrogens with one attached hydrogen (secondary N) is 1. The summed E-state index contributed by atoms with van der Waals surface area (Å²) in [6, 6.07) is 7.88. The highest BCUT2D eigenvalue weighted by Crippen LogP contribution is 2.32. The number of aromatic amines is 1. The standard InChI is InChI=1S/C13H11BrN2.C10H7BrN2.C3H5Br.CH4/c1-4-5-16-8-11(14)10-7-12(15-3)9(2)6-13(10)16;1-6-3-10-7(4-9(6)12-2)8(11)5-13-10;1-2-3-4;/h4,6-8H,1,5H2,2H3;3-5,13H,1H3;2H,1,3H2;1H4. The maximum atomic E-state index is 7.10. The van der Waals surface area contributed by atoms with Crippen molar-refractivity contribution in [2.45, 2.75) is 27.8 Å². The molecule has 0 aliphatic heterocycles. The first-order valence-electron chi connectivity index (χ1n) is 9.90. The Morgan fingerprint density at radius 3 is 2.03 bits per heavy atom. The van der Waals surface area contributed by atoms with Gasteiger partial charge in [0, 0.05) is 55.0 Å². The number of benzene rings is 2. The minimum absolute atomic E-state index is 0. The Morgan fingerprint density at radius 1 is 0.941 bits per heavy atom. The first-order valence-corrected chi connectivity index (χ1v) is 12.6. The number of rotatable bonds is 3. The van der Waals surface area contributed by atoms with Gasteiger partial charge in [-0.3, -0.25) is 0 Å². The molecule has 0 saturated carbocycles. The molecular formula is C27H27Br3N4. The molecule has 4 rings (SSSR count). The molecule has 1 N–H and O–H groups in total. The molecule has 7 heteroatoms. The van der Waals surface area contributed by atoms with E-state index >= 15 is 0 Å². The number of allylic oxidation sites excluding steroid dienone is 2. The van der Waals surface area contributed by atoms with Crippen molar-refractivity contribution in [1.82, 2.24) is 9.55 Å². The highest BCUT2D eigenvalue weighted by molar-refractivity contribution is 9.11. The van der Waals surface area contributed by atoms with E-state index in [1.165, 1.54) is 0 Å². The molecule has 2 aromatic heterocycles. The molecule has 0 bridgehead atoms. The Hall–Kier alpha value is -2.58. The Balaban J connectivity index is 0.000000291. The van der Waals surface area contributed by atoms with Crippen LogP contribution in [0.5, 0.6) is 0 Å². The van der Waals surface area contributed by atoms with Crippen molar-refractivity contribution in [1.29, 1.82) is 0 Å². The van der Waals surface area contributed by atoms with Gasteiger partial charge < -0.3 is 9.55 Å². The summed E-state index contributed by atoms with van der Waals surface area (Å²) in [7, 11) is 0. The van der Waals surface area contributed by atoms with Crippen LogP contribution in [-0.4, -0.2) is 14.9 Å². The third-order valence-electron chi connectivity index (χ3n) is 4.77. The molecule has 0 saturated heterocycles. The number of fused-ring (bicyclic) bond motifs is 2. The number of nitrogens with zero attached hydrogens (tertiary/aromatic N) is 3. The second-order valence-corrected chi connectivity index (χ2v) is 9.42. The van der Waals surface area contributed by atoms with Crippen LogP contribution >= 0.6 is 47.8 Å². The molecule has 0 radical (unpaired) electrons. The fraction of sp³-hybridized carbons (Fsp3) is 0.185. The molecule has 0 unspecified atom stereocenters. The number of aryl methyl sites for hydroxylation is 2. The smallest absolute Gasteiger partial charge is 0.190 e. The van der Waals surface area contributed by atoms with E-state index in [4.69, 9.17) is 13.1 Å². The van der Waals surface area contributed by atoms with Crippen molar-refractivity contribution >= 4 is 81.0 Å². The lowest BCUT2D eigenvalue weighted by atomic mass is 10.1. The van der Waals surface area contributed by atoms with Gasteiger partial charge in [-0.25, -0.2) is 9.69 Å². The quantitative estimate of drug-likeness (QED) is 0.130. The average Bonchev–Trinajstić information content (AvgIpc) is 3.32. The molecule has 176 valence electrons. The van der Waals surface area contributed by atoms with Gasteiger partial charge in [0.25, 0.3) is 0 Å². The van der Waals surface area contributed by atoms with Gasteiger partial charge in [-0.15, -0.1) is 13.2 Å². The largest absolute Gasteiger partial charge is 0.360 e. The van der Waals surface area contributed by atoms with Crippen LogP contribution in [0.1, 0.15) is 18.6 Å². The number of aromatic nitrogens is 2. The molecule has 0 aliphatic carbocycles. The number of hydrogen-bond donors (Lipinski definition) is 1. The lowest BCUT2D eigenvalue weighted by Crippen LogP contribution is -1.91. The molecule has 34 heavy (non-hydrogen) atoms. The highest BCUT2D eigenvalue weighted by atomic mass is 79.9. The lowest BCUT2D eigenvalue weighted by molar-refractivity contribution is 0.863. The van der Waals surface area contributed by atoms with E-state index in [-0.39, 0.29) is 7.43 Å². The Bertz CT molecular complexity index is 1380. The van der Waals surface area contributed by atoms with E-state index in [0.29, 0.717) is 11.4 Å². The van der Waals surface area contributed by atoms with Crippen molar-refractivity contribution in [3.63, 3.8) is 0 Å². The summed E-state index contributed by atoms with van der Waals surface area (Å²) in [5.74, 6) is 0. The van der Waals surface area contributed by atoms with E-state index in [1.807, 2.05) is 50.5 Å². The third-order valence-corrected chi connectivity index (χ3v) is 6.52. The van der Waals surface area contributed by atoms with Crippen LogP contribution in [0.15, 0.2) is 70.9 Å². The van der Waals surface area contributed by atoms with E-state index in [2.05, 4.69) is 86.3 Å². The van der Waals surface area contributed by atoms with E-state index < -0.39 is 0 Å². The van der Waals surface area contributed by atoms with Crippen LogP contribution in [-0.2, 0) is 6.54 Å². The number of halogens is 3. The van der Waals surface area contributed by atoms with E-state index in [9.17, 15) is 0 Å². The summed E-state index contributed by atoms with van der Waals surface area (Å²) in [5.41, 5.74) is 5.65. The van der Waals surface area contributed by atoms with Crippen LogP contribution in [0, 0.1) is 27.0 Å². The molecule has 2 heterocycles. The maximum Gasteiger partial charge on any atom is 0.190 e. The third kappa shape index (κ3) is 6.96. The molecule has 0 atom stereocenters. The number of alkyl halides is 1. The zero-order chi connectivity index (χ0) is 24.5. The predicted octanol–water partition coefficient (Wildman–Crippen LogP) is 10.4. The monoisotopic (exact) mass is 644 g/mol. The van der Waals surface area contributed by atoms with Crippen LogP contribution in [0.25, 0.3) is 31.5 Å². The maximum absolute atomic E-state index is 7.10. The molecule has 0 fully saturated rings. The van der Waals surface area contributed by atoms with E-state index in [1.54, 1.807) is 6.08 Å². The number of hydrogen-bond acceptors (Lipinski definition) is 0. The first-order chi connectivity index (χ1) is 15.8. The second-order valence-electron chi connectivity index (χ2n) is 7.06. The molecule has 0 amide bonds. The Labute approximate surface area is 227 Å². The fourth-order valence-corrected chi connectivity index (χ4v) is 4.16. The minimum Gasteiger partial charge on any atom is -0.360 e. The topological polar surface area (TPSA) is 29.4 Å². The molecular weight excluding hydrogens is 620 g/mol. The summed E-state index contributed by atoms with van der Waals surface area (Å²) < 4.78 is 4.15. The molecule has 4 aromatic rings. The van der Waals surface area contributed by atoms with Crippen molar-refractivity contribution in [2.24, 2.45) is 0 Å². The summed E-state index contributed by atoms with van der Waals surface area (Å²) >= 11 is 10.1. The Kier molecular flexibility index (Phi) is 12.1. The van der Waals surface area contributed by atoms with Gasteiger partial charge in [0.05, 0.1) is 13.1 Å². The molecule has 2 aromatic carbocycles. The van der Waals surface area contributed by atoms with Crippen molar-refractivity contribution < 1.29 is 0 Å². The van der Waals surface area contributed by atoms with Crippen molar-refractivity contribution in [3.8, 4) is 0 Å². The van der Waals surface area contributed by atoms with Crippen molar-refractivity contribution in [3.05, 3.63) is 105 Å². The fourth-order valence-electron chi connectivity index (χ4n) is 3.15. The SMILES string of the molecule is C.C=CCBr.[C-]#[N+]c1cc2c(Br)c[nH]c2cc1C.[C-]#[N+]c1cc2c(Br)cn(CC=C)c2cc1C. The van der Waals surface area contributed by atoms with Gasteiger partial charge in [-0.2, -0.15) is 0 Å². The zero-order valence-electron chi connectivity index (χ0n) is 18.4. The molecule has 0 aliphatic rings. The summed E-state index contributed by atoms with van der Waals surface area (Å²) in [6.07, 6.45) is 7.57. The lowest BCUT2D eigenvalue weighted by Gasteiger charge is -2.03. The van der Waals surface area contributed by atoms with E-state index in [0.717, 1.165) is 53.8 Å². The summed E-state index contributed by atoms with van der Waals surface area (Å²) in [4.78, 5) is 10.1. The van der Waals surface area contributed by atoms with Crippen LogP contribution in [0.2, 0.25) is 0 Å². The zero-order valence-corrected chi connectivity index (χ0v) is 23.2. The van der Waals surface area contributed by atoms with Crippen molar-refractivity contribution in [2.75, 3.05) is 5.33 Å². The molecule has 4 nitrogen and oxygen atoms in total. The number of H-pyrrole nitrogens is 1. The van der Waals surface area contributed by atoms with Gasteiger partial charge in [0.2, 0.25) is 0 Å². The minimum atomic E-state index is 0. The van der Waals surface area contributed by atoms with Crippen LogP contribution in [0.3, 0.4) is 0 Å². The van der Waals surface area contributed by atoms with Gasteiger partial charge in [-0.1, -0.05) is 35.5 Å². The van der Waals surface area contributed by atoms with Crippen LogP contribution < -0.4 is 0 Å². The van der Waals surface area contributed by atoms with Gasteiger partial charge in [0.15, 0.2) is 11.4 Å². The van der Waals surface area contributed by atoms with Gasteiger partial charge >= 0.3 is 0 Å². The summed E-state index contributed by atoms with van der Waals surface area (Å²) in [6.45, 7) is 26.0. The average molecular weight is 647 g/mol. The predicted molar refractivity (Wildman–Crippen MR) is 159 cm³/mol. The first kappa shape index (κ1) is 29.5. The second kappa shape index (κ2) is 14.0. The normalized spacial score (nSPS) is 9.50. The van der Waals surface area contributed by atoms with Gasteiger partial charge in [0.1, 0.15) is 0 Å². The highest BCUT2D eigenvalue weighted by Gasteiger charge is 2.09. The summed E-state index contributed by atoms with van der Waals surface area (Å²) in [5, 5.41) is 3.04.